The van der Waals surface area contributed by atoms with Gasteiger partial charge in [0.1, 0.15) is 0 Å². The molecule has 1 aliphatic rings. The smallest absolute Gasteiger partial charge is 0.229 e. The number of carbonyl (C=O) groups is 2. The van der Waals surface area contributed by atoms with E-state index in [1.807, 2.05) is 18.2 Å². The number of nitrogens with one attached hydrogen (secondary N) is 2. The predicted octanol–water partition coefficient (Wildman–Crippen LogP) is 6.14. The van der Waals surface area contributed by atoms with E-state index in [1.165, 1.54) is 5.56 Å². The Bertz CT molecular complexity index is 784. The average molecular weight is 480 g/mol. The Hall–Kier alpha value is -2.11. The zero-order valence-electron chi connectivity index (χ0n) is 16.9. The van der Waals surface area contributed by atoms with Crippen molar-refractivity contribution >= 4 is 45.0 Å². The molecule has 1 fully saturated rings. The van der Waals surface area contributed by atoms with Crippen LogP contribution < -0.4 is 10.6 Å². The molecule has 0 aromatic heterocycles. The Balaban J connectivity index is 0.000000290. The number of hydrogen-bond donors (Lipinski definition) is 2. The summed E-state index contributed by atoms with van der Waals surface area (Å²) in [4.78, 5) is 22.9. The first-order valence-corrected chi connectivity index (χ1v) is 10.7. The lowest BCUT2D eigenvalue weighted by Gasteiger charge is -2.21. The molecule has 1 heterocycles. The van der Waals surface area contributed by atoms with Crippen LogP contribution in [0, 0.1) is 12.8 Å². The number of allylic oxidation sites excluding steroid dienone is 1. The second-order valence-electron chi connectivity index (χ2n) is 6.54. The van der Waals surface area contributed by atoms with Gasteiger partial charge < -0.3 is 10.6 Å². The van der Waals surface area contributed by atoms with E-state index in [-0.39, 0.29) is 17.7 Å². The van der Waals surface area contributed by atoms with E-state index in [2.05, 4.69) is 59.1 Å². The molecule has 2 amide bonds. The maximum atomic E-state index is 11.9. The van der Waals surface area contributed by atoms with Gasteiger partial charge in [0.25, 0.3) is 0 Å². The number of carbonyl (C=O) groups excluding carboxylic acids is 2. The van der Waals surface area contributed by atoms with Gasteiger partial charge in [-0.25, -0.2) is 0 Å². The molecular formula is C23H28BrClN2O2. The number of piperidine rings is 1. The van der Waals surface area contributed by atoms with Gasteiger partial charge in [0.2, 0.25) is 11.8 Å². The minimum atomic E-state index is -0.160. The number of halogens is 2. The van der Waals surface area contributed by atoms with Crippen LogP contribution in [0.5, 0.6) is 0 Å². The Morgan fingerprint density at radius 3 is 2.48 bits per heavy atom. The van der Waals surface area contributed by atoms with Crippen LogP contribution in [0.25, 0.3) is 0 Å². The maximum Gasteiger partial charge on any atom is 0.229 e. The molecule has 3 rings (SSSR count). The highest BCUT2D eigenvalue weighted by molar-refractivity contribution is 9.10. The van der Waals surface area contributed by atoms with Crippen LogP contribution in [0.15, 0.2) is 65.7 Å². The van der Waals surface area contributed by atoms with E-state index in [4.69, 9.17) is 11.6 Å². The Kier molecular flexibility index (Phi) is 12.0. The van der Waals surface area contributed by atoms with E-state index >= 15 is 0 Å². The molecule has 1 saturated heterocycles. The van der Waals surface area contributed by atoms with Crippen LogP contribution in [-0.4, -0.2) is 18.4 Å². The molecule has 2 aromatic rings. The highest BCUT2D eigenvalue weighted by atomic mass is 79.9. The first kappa shape index (κ1) is 24.9. The number of rotatable bonds is 3. The number of aryl methyl sites for hydroxylation is 1. The summed E-state index contributed by atoms with van der Waals surface area (Å²) < 4.78 is 1.15. The molecule has 0 aliphatic carbocycles. The van der Waals surface area contributed by atoms with Crippen LogP contribution in [0.1, 0.15) is 31.7 Å². The zero-order valence-corrected chi connectivity index (χ0v) is 19.2. The molecule has 4 nitrogen and oxygen atoms in total. The minimum absolute atomic E-state index is 0.0109. The number of benzene rings is 2. The second-order valence-corrected chi connectivity index (χ2v) is 7.89. The maximum absolute atomic E-state index is 11.9. The minimum Gasteiger partial charge on any atom is -0.355 e. The summed E-state index contributed by atoms with van der Waals surface area (Å²) in [7, 11) is 0. The van der Waals surface area contributed by atoms with Crippen LogP contribution in [0.4, 0.5) is 5.69 Å². The lowest BCUT2D eigenvalue weighted by molar-refractivity contribution is -0.126. The molecule has 2 aromatic carbocycles. The van der Waals surface area contributed by atoms with Gasteiger partial charge in [-0.1, -0.05) is 64.3 Å². The van der Waals surface area contributed by atoms with Crippen molar-refractivity contribution in [2.45, 2.75) is 33.1 Å². The van der Waals surface area contributed by atoms with Crippen molar-refractivity contribution in [2.75, 3.05) is 11.9 Å². The first-order valence-electron chi connectivity index (χ1n) is 9.51. The van der Waals surface area contributed by atoms with Crippen LogP contribution >= 0.6 is 27.5 Å². The van der Waals surface area contributed by atoms with Gasteiger partial charge in [0.05, 0.1) is 5.92 Å². The van der Waals surface area contributed by atoms with Gasteiger partial charge in [0, 0.05) is 28.1 Å². The third-order valence-electron chi connectivity index (χ3n) is 4.00. The summed E-state index contributed by atoms with van der Waals surface area (Å²) in [5.74, 6) is -0.226. The summed E-state index contributed by atoms with van der Waals surface area (Å²) in [5.41, 5.74) is 1.97. The monoisotopic (exact) mass is 478 g/mol. The molecule has 0 saturated carbocycles. The van der Waals surface area contributed by atoms with Gasteiger partial charge in [-0.3, -0.25) is 9.59 Å². The topological polar surface area (TPSA) is 58.2 Å². The summed E-state index contributed by atoms with van der Waals surface area (Å²) >= 11 is 9.19. The molecule has 156 valence electrons. The summed E-state index contributed by atoms with van der Waals surface area (Å²) in [6.07, 6.45) is 3.96. The van der Waals surface area contributed by atoms with Crippen molar-refractivity contribution in [2.24, 2.45) is 5.92 Å². The Morgan fingerprint density at radius 2 is 2.00 bits per heavy atom. The van der Waals surface area contributed by atoms with Gasteiger partial charge in [-0.15, -0.1) is 6.58 Å². The predicted molar refractivity (Wildman–Crippen MR) is 125 cm³/mol. The molecule has 0 radical (unpaired) electrons. The van der Waals surface area contributed by atoms with Crippen molar-refractivity contribution in [1.29, 1.82) is 0 Å². The van der Waals surface area contributed by atoms with Crippen molar-refractivity contribution in [3.8, 4) is 0 Å². The highest BCUT2D eigenvalue weighted by Crippen LogP contribution is 2.18. The third-order valence-corrected chi connectivity index (χ3v) is 4.73. The van der Waals surface area contributed by atoms with Gasteiger partial charge in [0.15, 0.2) is 0 Å². The quantitative estimate of drug-likeness (QED) is 0.519. The number of amides is 2. The van der Waals surface area contributed by atoms with Crippen molar-refractivity contribution in [3.63, 3.8) is 0 Å². The molecule has 1 aliphatic heterocycles. The molecule has 1 atom stereocenters. The average Bonchev–Trinajstić information content (AvgIpc) is 2.69. The van der Waals surface area contributed by atoms with Gasteiger partial charge in [-0.2, -0.15) is 0 Å². The normalized spacial score (nSPS) is 14.9. The largest absolute Gasteiger partial charge is 0.355 e. The van der Waals surface area contributed by atoms with Gasteiger partial charge >= 0.3 is 0 Å². The van der Waals surface area contributed by atoms with Crippen LogP contribution in [-0.2, 0) is 9.59 Å². The molecule has 1 unspecified atom stereocenters. The summed E-state index contributed by atoms with van der Waals surface area (Å²) in [5, 5.41) is 6.06. The lowest BCUT2D eigenvalue weighted by Crippen LogP contribution is -2.40. The molecule has 29 heavy (non-hydrogen) atoms. The first-order chi connectivity index (χ1) is 13.8. The summed E-state index contributed by atoms with van der Waals surface area (Å²) in [6.45, 7) is 8.02. The summed E-state index contributed by atoms with van der Waals surface area (Å²) in [6, 6.07) is 15.2. The van der Waals surface area contributed by atoms with Crippen molar-refractivity contribution in [1.82, 2.24) is 5.32 Å². The van der Waals surface area contributed by atoms with Crippen LogP contribution in [0.3, 0.4) is 0 Å². The molecule has 0 spiro atoms. The highest BCUT2D eigenvalue weighted by Gasteiger charge is 2.24. The van der Waals surface area contributed by atoms with Gasteiger partial charge in [-0.05, 0) is 50.1 Å². The fourth-order valence-corrected chi connectivity index (χ4v) is 3.08. The van der Waals surface area contributed by atoms with Crippen molar-refractivity contribution < 1.29 is 9.59 Å². The van der Waals surface area contributed by atoms with E-state index < -0.39 is 0 Å². The lowest BCUT2D eigenvalue weighted by atomic mass is 9.98. The van der Waals surface area contributed by atoms with E-state index in [1.54, 1.807) is 24.3 Å². The number of anilines is 1. The molecular weight excluding hydrogens is 452 g/mol. The van der Waals surface area contributed by atoms with Crippen molar-refractivity contribution in [3.05, 3.63) is 76.2 Å². The van der Waals surface area contributed by atoms with E-state index in [0.717, 1.165) is 10.9 Å². The molecule has 2 N–H and O–H groups in total. The molecule has 6 heteroatoms. The Labute approximate surface area is 186 Å². The fraction of sp³-hybridized carbons (Fsp3) is 0.304. The number of hydrogen-bond acceptors (Lipinski definition) is 2. The molecule has 0 bridgehead atoms. The second kappa shape index (κ2) is 14.0. The SMILES string of the molecule is C=CCC.Cc1cccc(Br)c1.O=C1CCC(C(=O)Nc2cccc(Cl)c2)CN1. The zero-order chi connectivity index (χ0) is 21.6. The van der Waals surface area contributed by atoms with E-state index in [9.17, 15) is 9.59 Å². The van der Waals surface area contributed by atoms with Crippen LogP contribution in [0.2, 0.25) is 5.02 Å². The fourth-order valence-electron chi connectivity index (χ4n) is 2.37. The van der Waals surface area contributed by atoms with E-state index in [0.29, 0.717) is 30.1 Å². The third kappa shape index (κ3) is 10.9. The Morgan fingerprint density at radius 1 is 1.31 bits per heavy atom. The standard InChI is InChI=1S/C12H13ClN2O2.C7H7Br.C4H8/c13-9-2-1-3-10(6-9)15-12(17)8-4-5-11(16)14-7-8;1-6-3-2-4-7(8)5-6;1-3-4-2/h1-3,6,8H,4-5,7H2,(H,14,16)(H,15,17);2-5H,1H3;3H,1,4H2,2H3.